The highest BCUT2D eigenvalue weighted by atomic mass is 32.2. The Morgan fingerprint density at radius 2 is 1.69 bits per heavy atom. The number of thioether (sulfide) groups is 1. The van der Waals surface area contributed by atoms with Gasteiger partial charge in [-0.25, -0.2) is 0 Å². The number of nitrogens with one attached hydrogen (secondary N) is 1. The Balaban J connectivity index is 1.55. The van der Waals surface area contributed by atoms with Crippen LogP contribution in [0.5, 0.6) is 11.5 Å². The van der Waals surface area contributed by atoms with Crippen molar-refractivity contribution in [2.75, 3.05) is 24.3 Å². The number of hydrogen-bond acceptors (Lipinski definition) is 6. The van der Waals surface area contributed by atoms with Crippen LogP contribution in [0.3, 0.4) is 0 Å². The van der Waals surface area contributed by atoms with Crippen LogP contribution < -0.4 is 14.8 Å². The number of benzene rings is 2. The number of carbonyl (C=O) groups is 1. The van der Waals surface area contributed by atoms with Gasteiger partial charge in [0.25, 0.3) is 0 Å². The Kier molecular flexibility index (Phi) is 7.47. The summed E-state index contributed by atoms with van der Waals surface area (Å²) >= 11 is 1.33. The maximum Gasteiger partial charge on any atom is 0.234 e. The van der Waals surface area contributed by atoms with Gasteiger partial charge in [0.1, 0.15) is 16.5 Å². The molecule has 1 amide bonds. The smallest absolute Gasteiger partial charge is 0.234 e. The molecule has 0 bridgehead atoms. The molecule has 0 aliphatic carbocycles. The monoisotopic (exact) mass is 409 g/mol. The van der Waals surface area contributed by atoms with Gasteiger partial charge in [0.05, 0.1) is 30.3 Å². The molecular formula is C22H23N3O3S. The van der Waals surface area contributed by atoms with E-state index in [2.05, 4.69) is 15.5 Å². The van der Waals surface area contributed by atoms with E-state index in [9.17, 15) is 4.79 Å². The molecule has 0 atom stereocenters. The maximum atomic E-state index is 12.3. The Morgan fingerprint density at radius 3 is 2.38 bits per heavy atom. The van der Waals surface area contributed by atoms with E-state index in [-0.39, 0.29) is 11.7 Å². The first-order valence-electron chi connectivity index (χ1n) is 9.41. The zero-order chi connectivity index (χ0) is 20.5. The summed E-state index contributed by atoms with van der Waals surface area (Å²) in [5.41, 5.74) is 2.40. The van der Waals surface area contributed by atoms with Gasteiger partial charge >= 0.3 is 0 Å². The predicted molar refractivity (Wildman–Crippen MR) is 116 cm³/mol. The lowest BCUT2D eigenvalue weighted by Crippen LogP contribution is -2.15. The number of para-hydroxylation sites is 2. The van der Waals surface area contributed by atoms with Gasteiger partial charge in [-0.15, -0.1) is 10.2 Å². The normalized spacial score (nSPS) is 10.4. The fourth-order valence-corrected chi connectivity index (χ4v) is 3.23. The van der Waals surface area contributed by atoms with Gasteiger partial charge < -0.3 is 14.8 Å². The van der Waals surface area contributed by atoms with Crippen molar-refractivity contribution in [2.24, 2.45) is 0 Å². The van der Waals surface area contributed by atoms with Gasteiger partial charge in [-0.2, -0.15) is 0 Å². The van der Waals surface area contributed by atoms with E-state index in [0.717, 1.165) is 17.0 Å². The molecule has 2 aromatic carbocycles. The van der Waals surface area contributed by atoms with Gasteiger partial charge in [-0.05, 0) is 62.4 Å². The Bertz CT molecular complexity index is 931. The Morgan fingerprint density at radius 1 is 0.931 bits per heavy atom. The van der Waals surface area contributed by atoms with Crippen molar-refractivity contribution in [1.29, 1.82) is 0 Å². The molecule has 7 heteroatoms. The summed E-state index contributed by atoms with van der Waals surface area (Å²) in [4.78, 5) is 12.3. The summed E-state index contributed by atoms with van der Waals surface area (Å²) in [6.45, 7) is 5.03. The number of amides is 1. The summed E-state index contributed by atoms with van der Waals surface area (Å²) in [6.07, 6.45) is 0. The van der Waals surface area contributed by atoms with Crippen LogP contribution in [0.1, 0.15) is 13.8 Å². The second-order valence-electron chi connectivity index (χ2n) is 5.98. The standard InChI is InChI=1S/C22H23N3O3S/c1-3-27-17-11-9-16(10-12-17)18-13-14-22(25-24-18)29-15-21(26)23-19-7-5-6-8-20(19)28-4-2/h5-14H,3-4,15H2,1-2H3,(H,23,26). The van der Waals surface area contributed by atoms with Crippen LogP contribution >= 0.6 is 11.8 Å². The molecule has 1 N–H and O–H groups in total. The van der Waals surface area contributed by atoms with Crippen molar-refractivity contribution in [3.05, 3.63) is 60.7 Å². The average molecular weight is 410 g/mol. The first-order valence-corrected chi connectivity index (χ1v) is 10.4. The molecule has 29 heavy (non-hydrogen) atoms. The minimum absolute atomic E-state index is 0.125. The summed E-state index contributed by atoms with van der Waals surface area (Å²) in [5, 5.41) is 12.0. The summed E-state index contributed by atoms with van der Waals surface area (Å²) in [6, 6.07) is 18.9. The lowest BCUT2D eigenvalue weighted by Gasteiger charge is -2.11. The third kappa shape index (κ3) is 5.96. The van der Waals surface area contributed by atoms with Crippen LogP contribution in [0, 0.1) is 0 Å². The van der Waals surface area contributed by atoms with Crippen molar-refractivity contribution in [2.45, 2.75) is 18.9 Å². The summed E-state index contributed by atoms with van der Waals surface area (Å²) in [7, 11) is 0. The molecule has 1 heterocycles. The molecule has 0 fully saturated rings. The number of ether oxygens (including phenoxy) is 2. The quantitative estimate of drug-likeness (QED) is 0.518. The topological polar surface area (TPSA) is 73.3 Å². The number of nitrogens with zero attached hydrogens (tertiary/aromatic N) is 2. The third-order valence-corrected chi connectivity index (χ3v) is 4.83. The number of carbonyl (C=O) groups excluding carboxylic acids is 1. The minimum Gasteiger partial charge on any atom is -0.494 e. The van der Waals surface area contributed by atoms with Crippen LogP contribution in [-0.2, 0) is 4.79 Å². The highest BCUT2D eigenvalue weighted by Crippen LogP contribution is 2.25. The van der Waals surface area contributed by atoms with Gasteiger partial charge in [0, 0.05) is 5.56 Å². The van der Waals surface area contributed by atoms with Gasteiger partial charge in [0.15, 0.2) is 0 Å². The van der Waals surface area contributed by atoms with E-state index in [1.54, 1.807) is 0 Å². The van der Waals surface area contributed by atoms with Crippen LogP contribution in [0.2, 0.25) is 0 Å². The molecule has 3 aromatic rings. The summed E-state index contributed by atoms with van der Waals surface area (Å²) in [5.74, 6) is 1.60. The second kappa shape index (κ2) is 10.5. The van der Waals surface area contributed by atoms with Gasteiger partial charge in [-0.1, -0.05) is 23.9 Å². The zero-order valence-electron chi connectivity index (χ0n) is 16.4. The van der Waals surface area contributed by atoms with Gasteiger partial charge in [-0.3, -0.25) is 4.79 Å². The molecule has 0 radical (unpaired) electrons. The average Bonchev–Trinajstić information content (AvgIpc) is 2.75. The van der Waals surface area contributed by atoms with Gasteiger partial charge in [0.2, 0.25) is 5.91 Å². The molecule has 0 saturated carbocycles. The fraction of sp³-hybridized carbons (Fsp3) is 0.227. The Hall–Kier alpha value is -3.06. The maximum absolute atomic E-state index is 12.3. The largest absolute Gasteiger partial charge is 0.494 e. The third-order valence-electron chi connectivity index (χ3n) is 3.91. The van der Waals surface area contributed by atoms with Crippen LogP contribution in [-0.4, -0.2) is 35.1 Å². The van der Waals surface area contributed by atoms with E-state index in [4.69, 9.17) is 9.47 Å². The molecule has 6 nitrogen and oxygen atoms in total. The molecular weight excluding hydrogens is 386 g/mol. The van der Waals surface area contributed by atoms with Crippen LogP contribution in [0.25, 0.3) is 11.3 Å². The van der Waals surface area contributed by atoms with E-state index in [0.29, 0.717) is 29.7 Å². The van der Waals surface area contributed by atoms with Crippen molar-refractivity contribution in [3.63, 3.8) is 0 Å². The number of rotatable bonds is 9. The highest BCUT2D eigenvalue weighted by molar-refractivity contribution is 7.99. The minimum atomic E-state index is -0.125. The van der Waals surface area contributed by atoms with E-state index in [1.165, 1.54) is 11.8 Å². The number of hydrogen-bond donors (Lipinski definition) is 1. The number of aromatic nitrogens is 2. The lowest BCUT2D eigenvalue weighted by molar-refractivity contribution is -0.113. The molecule has 0 spiro atoms. The Labute approximate surface area is 174 Å². The molecule has 0 aliphatic rings. The first-order chi connectivity index (χ1) is 14.2. The molecule has 0 saturated heterocycles. The van der Waals surface area contributed by atoms with Crippen molar-refractivity contribution < 1.29 is 14.3 Å². The van der Waals surface area contributed by atoms with Crippen molar-refractivity contribution >= 4 is 23.4 Å². The summed E-state index contributed by atoms with van der Waals surface area (Å²) < 4.78 is 11.0. The number of anilines is 1. The van der Waals surface area contributed by atoms with E-state index >= 15 is 0 Å². The van der Waals surface area contributed by atoms with Crippen LogP contribution in [0.15, 0.2) is 65.7 Å². The predicted octanol–water partition coefficient (Wildman–Crippen LogP) is 4.67. The molecule has 150 valence electrons. The molecule has 0 unspecified atom stereocenters. The lowest BCUT2D eigenvalue weighted by atomic mass is 10.1. The van der Waals surface area contributed by atoms with Crippen molar-refractivity contribution in [1.82, 2.24) is 10.2 Å². The van der Waals surface area contributed by atoms with Crippen LogP contribution in [0.4, 0.5) is 5.69 Å². The molecule has 0 aliphatic heterocycles. The van der Waals surface area contributed by atoms with E-state index < -0.39 is 0 Å². The zero-order valence-corrected chi connectivity index (χ0v) is 17.2. The first kappa shape index (κ1) is 20.7. The van der Waals surface area contributed by atoms with Crippen molar-refractivity contribution in [3.8, 4) is 22.8 Å². The van der Waals surface area contributed by atoms with E-state index in [1.807, 2.05) is 74.5 Å². The highest BCUT2D eigenvalue weighted by Gasteiger charge is 2.09. The molecule has 3 rings (SSSR count). The SMILES string of the molecule is CCOc1ccc(-c2ccc(SCC(=O)Nc3ccccc3OCC)nn2)cc1. The molecule has 1 aromatic heterocycles. The second-order valence-corrected chi connectivity index (χ2v) is 6.98. The fourth-order valence-electron chi connectivity index (χ4n) is 2.62.